The second kappa shape index (κ2) is 7.52. The number of para-hydroxylation sites is 1. The number of benzene rings is 2. The van der Waals surface area contributed by atoms with Crippen molar-refractivity contribution in [2.24, 2.45) is 0 Å². The number of likely N-dealkylation sites (N-methyl/N-ethyl adjacent to an activating group) is 1. The SMILES string of the molecule is Cc1[nH]c2c(C(=O)NCC(c3ccccc3Cl)N(C)C)cccc2c1C. The molecule has 2 aromatic carbocycles. The third-order valence-electron chi connectivity index (χ3n) is 4.93. The lowest BCUT2D eigenvalue weighted by Crippen LogP contribution is -2.34. The van der Waals surface area contributed by atoms with Crippen molar-refractivity contribution in [3.05, 3.63) is 69.9 Å². The Labute approximate surface area is 159 Å². The van der Waals surface area contributed by atoms with E-state index < -0.39 is 0 Å². The third-order valence-corrected chi connectivity index (χ3v) is 5.28. The zero-order valence-electron chi connectivity index (χ0n) is 15.6. The summed E-state index contributed by atoms with van der Waals surface area (Å²) in [5.74, 6) is -0.0873. The molecule has 5 heteroatoms. The van der Waals surface area contributed by atoms with Crippen molar-refractivity contribution < 1.29 is 4.79 Å². The molecule has 0 aliphatic carbocycles. The minimum atomic E-state index is -0.0873. The molecule has 4 nitrogen and oxygen atoms in total. The Bertz CT molecular complexity index is 946. The highest BCUT2D eigenvalue weighted by Gasteiger charge is 2.19. The lowest BCUT2D eigenvalue weighted by Gasteiger charge is -2.26. The average molecular weight is 370 g/mol. The van der Waals surface area contributed by atoms with Gasteiger partial charge in [-0.05, 0) is 51.2 Å². The van der Waals surface area contributed by atoms with Crippen LogP contribution in [0.15, 0.2) is 42.5 Å². The van der Waals surface area contributed by atoms with Crippen LogP contribution in [0.3, 0.4) is 0 Å². The number of rotatable bonds is 5. The summed E-state index contributed by atoms with van der Waals surface area (Å²) in [5.41, 5.74) is 4.82. The molecular formula is C21H24ClN3O. The molecule has 0 bridgehead atoms. The van der Waals surface area contributed by atoms with E-state index in [0.717, 1.165) is 22.2 Å². The number of aromatic amines is 1. The number of nitrogens with zero attached hydrogens (tertiary/aromatic N) is 1. The number of nitrogens with one attached hydrogen (secondary N) is 2. The molecule has 1 aromatic heterocycles. The number of fused-ring (bicyclic) bond motifs is 1. The first-order valence-corrected chi connectivity index (χ1v) is 9.05. The Balaban J connectivity index is 1.84. The number of H-pyrrole nitrogens is 1. The minimum Gasteiger partial charge on any atom is -0.358 e. The average Bonchev–Trinajstić information content (AvgIpc) is 2.90. The first-order valence-electron chi connectivity index (χ1n) is 8.67. The standard InChI is InChI=1S/C21H24ClN3O/c1-13-14(2)24-20-15(13)9-7-10-17(20)21(26)23-12-19(25(3)4)16-8-5-6-11-18(16)22/h5-11,19,24H,12H2,1-4H3,(H,23,26). The minimum absolute atomic E-state index is 0.000956. The molecule has 0 aliphatic rings. The maximum atomic E-state index is 12.8. The molecule has 136 valence electrons. The van der Waals surface area contributed by atoms with Gasteiger partial charge in [-0.15, -0.1) is 0 Å². The summed E-state index contributed by atoms with van der Waals surface area (Å²) >= 11 is 6.35. The molecule has 1 atom stereocenters. The zero-order valence-corrected chi connectivity index (χ0v) is 16.3. The Morgan fingerprint density at radius 1 is 1.15 bits per heavy atom. The Morgan fingerprint density at radius 3 is 2.58 bits per heavy atom. The lowest BCUT2D eigenvalue weighted by atomic mass is 10.0. The summed E-state index contributed by atoms with van der Waals surface area (Å²) in [6, 6.07) is 13.6. The second-order valence-electron chi connectivity index (χ2n) is 6.81. The van der Waals surface area contributed by atoms with Crippen molar-refractivity contribution in [3.8, 4) is 0 Å². The van der Waals surface area contributed by atoms with Crippen molar-refractivity contribution in [2.75, 3.05) is 20.6 Å². The van der Waals surface area contributed by atoms with Crippen LogP contribution in [0.4, 0.5) is 0 Å². The topological polar surface area (TPSA) is 48.1 Å². The van der Waals surface area contributed by atoms with E-state index in [0.29, 0.717) is 17.1 Å². The number of aryl methyl sites for hydroxylation is 2. The molecule has 0 radical (unpaired) electrons. The number of aromatic nitrogens is 1. The number of carbonyl (C=O) groups is 1. The predicted molar refractivity (Wildman–Crippen MR) is 108 cm³/mol. The van der Waals surface area contributed by atoms with Gasteiger partial charge in [-0.2, -0.15) is 0 Å². The molecule has 1 unspecified atom stereocenters. The summed E-state index contributed by atoms with van der Waals surface area (Å²) in [5, 5.41) is 4.86. The van der Waals surface area contributed by atoms with E-state index in [-0.39, 0.29) is 11.9 Å². The molecule has 0 spiro atoms. The Hall–Kier alpha value is -2.30. The van der Waals surface area contributed by atoms with Crippen LogP contribution in [0.1, 0.15) is 33.2 Å². The largest absolute Gasteiger partial charge is 0.358 e. The van der Waals surface area contributed by atoms with Gasteiger partial charge in [0.25, 0.3) is 5.91 Å². The van der Waals surface area contributed by atoms with Gasteiger partial charge in [0, 0.05) is 22.6 Å². The highest BCUT2D eigenvalue weighted by atomic mass is 35.5. The fourth-order valence-electron chi connectivity index (χ4n) is 3.27. The first kappa shape index (κ1) is 18.5. The van der Waals surface area contributed by atoms with Gasteiger partial charge < -0.3 is 15.2 Å². The molecule has 0 saturated heterocycles. The summed E-state index contributed by atoms with van der Waals surface area (Å²) in [7, 11) is 3.97. The molecular weight excluding hydrogens is 346 g/mol. The van der Waals surface area contributed by atoms with E-state index in [2.05, 4.69) is 22.1 Å². The number of hydrogen-bond acceptors (Lipinski definition) is 2. The van der Waals surface area contributed by atoms with Crippen molar-refractivity contribution in [1.29, 1.82) is 0 Å². The lowest BCUT2D eigenvalue weighted by molar-refractivity contribution is 0.0943. The van der Waals surface area contributed by atoms with Crippen LogP contribution in [-0.2, 0) is 0 Å². The van der Waals surface area contributed by atoms with Crippen molar-refractivity contribution in [2.45, 2.75) is 19.9 Å². The summed E-state index contributed by atoms with van der Waals surface area (Å²) < 4.78 is 0. The molecule has 3 rings (SSSR count). The first-order chi connectivity index (χ1) is 12.4. The van der Waals surface area contributed by atoms with Gasteiger partial charge in [-0.1, -0.05) is 41.9 Å². The molecule has 0 fully saturated rings. The number of hydrogen-bond donors (Lipinski definition) is 2. The fraction of sp³-hybridized carbons (Fsp3) is 0.286. The van der Waals surface area contributed by atoms with Crippen molar-refractivity contribution >= 4 is 28.4 Å². The normalized spacial score (nSPS) is 12.5. The number of halogens is 1. The fourth-order valence-corrected chi connectivity index (χ4v) is 3.53. The van der Waals surface area contributed by atoms with E-state index in [1.165, 1.54) is 5.56 Å². The number of carbonyl (C=O) groups excluding carboxylic acids is 1. The van der Waals surface area contributed by atoms with Gasteiger partial charge in [0.1, 0.15) is 0 Å². The monoisotopic (exact) mass is 369 g/mol. The van der Waals surface area contributed by atoms with E-state index in [9.17, 15) is 4.79 Å². The third kappa shape index (κ3) is 3.48. The van der Waals surface area contributed by atoms with Gasteiger partial charge in [0.15, 0.2) is 0 Å². The van der Waals surface area contributed by atoms with Crippen LogP contribution in [0.25, 0.3) is 10.9 Å². The van der Waals surface area contributed by atoms with Crippen molar-refractivity contribution in [1.82, 2.24) is 15.2 Å². The van der Waals surface area contributed by atoms with Crippen LogP contribution in [0.2, 0.25) is 5.02 Å². The summed E-state index contributed by atoms with van der Waals surface area (Å²) in [4.78, 5) is 18.2. The Morgan fingerprint density at radius 2 is 1.88 bits per heavy atom. The molecule has 1 heterocycles. The summed E-state index contributed by atoms with van der Waals surface area (Å²) in [6.07, 6.45) is 0. The second-order valence-corrected chi connectivity index (χ2v) is 7.22. The number of amides is 1. The predicted octanol–water partition coefficient (Wildman–Crippen LogP) is 4.47. The summed E-state index contributed by atoms with van der Waals surface area (Å²) in [6.45, 7) is 4.57. The van der Waals surface area contributed by atoms with Gasteiger partial charge in [-0.3, -0.25) is 4.79 Å². The van der Waals surface area contributed by atoms with Crippen LogP contribution < -0.4 is 5.32 Å². The van der Waals surface area contributed by atoms with E-state index in [1.807, 2.05) is 63.5 Å². The van der Waals surface area contributed by atoms with Gasteiger partial charge >= 0.3 is 0 Å². The molecule has 1 amide bonds. The van der Waals surface area contributed by atoms with E-state index in [4.69, 9.17) is 11.6 Å². The van der Waals surface area contributed by atoms with Crippen LogP contribution in [0, 0.1) is 13.8 Å². The van der Waals surface area contributed by atoms with Gasteiger partial charge in [0.2, 0.25) is 0 Å². The quantitative estimate of drug-likeness (QED) is 0.697. The van der Waals surface area contributed by atoms with Crippen LogP contribution in [0.5, 0.6) is 0 Å². The molecule has 2 N–H and O–H groups in total. The highest BCUT2D eigenvalue weighted by molar-refractivity contribution is 6.31. The Kier molecular flexibility index (Phi) is 5.35. The zero-order chi connectivity index (χ0) is 18.8. The molecule has 0 saturated carbocycles. The van der Waals surface area contributed by atoms with E-state index in [1.54, 1.807) is 0 Å². The molecule has 3 aromatic rings. The smallest absolute Gasteiger partial charge is 0.253 e. The molecule has 26 heavy (non-hydrogen) atoms. The van der Waals surface area contributed by atoms with Crippen LogP contribution in [-0.4, -0.2) is 36.4 Å². The van der Waals surface area contributed by atoms with E-state index >= 15 is 0 Å². The van der Waals surface area contributed by atoms with Crippen molar-refractivity contribution in [3.63, 3.8) is 0 Å². The van der Waals surface area contributed by atoms with Crippen LogP contribution >= 0.6 is 11.6 Å². The maximum absolute atomic E-state index is 12.8. The highest BCUT2D eigenvalue weighted by Crippen LogP contribution is 2.26. The maximum Gasteiger partial charge on any atom is 0.253 e. The molecule has 0 aliphatic heterocycles. The van der Waals surface area contributed by atoms with Gasteiger partial charge in [-0.25, -0.2) is 0 Å². The van der Waals surface area contributed by atoms with Gasteiger partial charge in [0.05, 0.1) is 17.1 Å².